The van der Waals surface area contributed by atoms with Crippen LogP contribution in [0.2, 0.25) is 0 Å². The number of nitrogens with zero attached hydrogens (tertiary/aromatic N) is 5. The highest BCUT2D eigenvalue weighted by Gasteiger charge is 2.36. The van der Waals surface area contributed by atoms with Crippen LogP contribution in [0, 0.1) is 6.92 Å². The third-order valence-corrected chi connectivity index (χ3v) is 4.02. The van der Waals surface area contributed by atoms with E-state index in [4.69, 9.17) is 0 Å². The molecular weight excluding hydrogens is 292 g/mol. The van der Waals surface area contributed by atoms with Crippen LogP contribution < -0.4 is 5.32 Å². The first kappa shape index (κ1) is 15.5. The Morgan fingerprint density at radius 3 is 2.52 bits per heavy atom. The highest BCUT2D eigenvalue weighted by atomic mass is 16.2. The molecule has 1 aliphatic heterocycles. The number of aromatic nitrogens is 4. The average molecular weight is 314 g/mol. The Morgan fingerprint density at radius 2 is 1.91 bits per heavy atom. The molecule has 0 spiro atoms. The molecule has 1 unspecified atom stereocenters. The van der Waals surface area contributed by atoms with Crippen LogP contribution in [-0.2, 0) is 4.79 Å². The van der Waals surface area contributed by atoms with Crippen LogP contribution in [-0.4, -0.2) is 49.1 Å². The maximum absolute atomic E-state index is 12.2. The quantitative estimate of drug-likeness (QED) is 0.934. The third kappa shape index (κ3) is 3.18. The predicted molar refractivity (Wildman–Crippen MR) is 87.4 cm³/mol. The molecule has 2 heterocycles. The van der Waals surface area contributed by atoms with Gasteiger partial charge in [-0.15, -0.1) is 0 Å². The lowest BCUT2D eigenvalue weighted by Crippen LogP contribution is -2.43. The van der Waals surface area contributed by atoms with Crippen LogP contribution in [0.5, 0.6) is 0 Å². The van der Waals surface area contributed by atoms with Crippen LogP contribution in [0.15, 0.2) is 24.3 Å². The van der Waals surface area contributed by atoms with Gasteiger partial charge in [0.25, 0.3) is 0 Å². The van der Waals surface area contributed by atoms with Crippen molar-refractivity contribution < 1.29 is 4.79 Å². The van der Waals surface area contributed by atoms with Crippen molar-refractivity contribution in [3.05, 3.63) is 29.8 Å². The van der Waals surface area contributed by atoms with E-state index in [1.165, 1.54) is 5.56 Å². The number of benzene rings is 1. The lowest BCUT2D eigenvalue weighted by Gasteiger charge is -2.32. The van der Waals surface area contributed by atoms with Gasteiger partial charge in [-0.1, -0.05) is 22.8 Å². The van der Waals surface area contributed by atoms with Crippen molar-refractivity contribution in [3.8, 4) is 5.69 Å². The van der Waals surface area contributed by atoms with E-state index in [1.807, 2.05) is 56.9 Å². The minimum atomic E-state index is -0.170. The number of rotatable bonds is 3. The van der Waals surface area contributed by atoms with E-state index in [9.17, 15) is 4.79 Å². The monoisotopic (exact) mass is 314 g/mol. The Morgan fingerprint density at radius 1 is 1.22 bits per heavy atom. The molecule has 1 N–H and O–H groups in total. The highest BCUT2D eigenvalue weighted by Crippen LogP contribution is 2.24. The minimum absolute atomic E-state index is 0.0110. The number of likely N-dealkylation sites (tertiary alicyclic amines) is 1. The molecule has 23 heavy (non-hydrogen) atoms. The van der Waals surface area contributed by atoms with Crippen LogP contribution in [0.4, 0.5) is 5.95 Å². The maximum atomic E-state index is 12.2. The van der Waals surface area contributed by atoms with Crippen molar-refractivity contribution in [1.29, 1.82) is 0 Å². The van der Waals surface area contributed by atoms with E-state index in [-0.39, 0.29) is 17.5 Å². The Hall–Kier alpha value is -2.44. The Bertz CT molecular complexity index is 700. The van der Waals surface area contributed by atoms with Crippen molar-refractivity contribution in [2.45, 2.75) is 45.7 Å². The van der Waals surface area contributed by atoms with Crippen molar-refractivity contribution in [2.75, 3.05) is 11.9 Å². The number of hydrogen-bond donors (Lipinski definition) is 1. The number of amides is 1. The smallest absolute Gasteiger partial charge is 0.248 e. The van der Waals surface area contributed by atoms with Crippen molar-refractivity contribution in [2.24, 2.45) is 0 Å². The molecule has 1 aromatic heterocycles. The van der Waals surface area contributed by atoms with Crippen LogP contribution in [0.1, 0.15) is 32.8 Å². The first-order valence-electron chi connectivity index (χ1n) is 7.77. The first-order valence-corrected chi connectivity index (χ1v) is 7.77. The molecule has 7 heteroatoms. The zero-order valence-corrected chi connectivity index (χ0v) is 13.9. The molecule has 3 rings (SSSR count). The lowest BCUT2D eigenvalue weighted by molar-refractivity contribution is -0.131. The molecule has 0 aliphatic carbocycles. The standard InChI is InChI=1S/C16H22N6O/c1-11-5-7-13(8-6-11)22-15(18-19-20-22)17-12-9-14(23)21(10-12)16(2,3)4/h5-8,12H,9-10H2,1-4H3,(H,17,18,20). The van der Waals surface area contributed by atoms with Gasteiger partial charge in [-0.2, -0.15) is 4.68 Å². The Labute approximate surface area is 135 Å². The van der Waals surface area contributed by atoms with E-state index in [1.54, 1.807) is 4.68 Å². The van der Waals surface area contributed by atoms with Gasteiger partial charge in [0.2, 0.25) is 11.9 Å². The van der Waals surface area contributed by atoms with E-state index in [0.717, 1.165) is 5.69 Å². The molecular formula is C16H22N6O. The molecule has 0 bridgehead atoms. The molecule has 122 valence electrons. The summed E-state index contributed by atoms with van der Waals surface area (Å²) < 4.78 is 1.66. The van der Waals surface area contributed by atoms with Crippen molar-refractivity contribution >= 4 is 11.9 Å². The second kappa shape index (κ2) is 5.64. The summed E-state index contributed by atoms with van der Waals surface area (Å²) >= 11 is 0. The van der Waals surface area contributed by atoms with E-state index in [2.05, 4.69) is 20.8 Å². The van der Waals surface area contributed by atoms with Gasteiger partial charge >= 0.3 is 0 Å². The molecule has 0 saturated carbocycles. The third-order valence-electron chi connectivity index (χ3n) is 4.02. The molecule has 1 aliphatic rings. The fourth-order valence-corrected chi connectivity index (χ4v) is 2.77. The average Bonchev–Trinajstić information content (AvgIpc) is 3.06. The second-order valence-electron chi connectivity index (χ2n) is 6.97. The number of anilines is 1. The summed E-state index contributed by atoms with van der Waals surface area (Å²) in [5.74, 6) is 0.715. The largest absolute Gasteiger partial charge is 0.348 e. The second-order valence-corrected chi connectivity index (χ2v) is 6.97. The molecule has 1 fully saturated rings. The molecule has 1 saturated heterocycles. The lowest BCUT2D eigenvalue weighted by atomic mass is 10.1. The number of nitrogens with one attached hydrogen (secondary N) is 1. The van der Waals surface area contributed by atoms with E-state index in [0.29, 0.717) is 18.9 Å². The molecule has 1 aromatic carbocycles. The summed E-state index contributed by atoms with van der Waals surface area (Å²) in [5, 5.41) is 15.1. The Kier molecular flexibility index (Phi) is 3.79. The van der Waals surface area contributed by atoms with Crippen molar-refractivity contribution in [1.82, 2.24) is 25.1 Å². The fourth-order valence-electron chi connectivity index (χ4n) is 2.77. The number of carbonyl (C=O) groups is 1. The topological polar surface area (TPSA) is 75.9 Å². The van der Waals surface area contributed by atoms with Gasteiger partial charge in [0, 0.05) is 18.5 Å². The molecule has 1 atom stereocenters. The van der Waals surface area contributed by atoms with Crippen LogP contribution >= 0.6 is 0 Å². The van der Waals surface area contributed by atoms with E-state index >= 15 is 0 Å². The number of tetrazole rings is 1. The summed E-state index contributed by atoms with van der Waals surface area (Å²) in [5.41, 5.74) is 1.90. The van der Waals surface area contributed by atoms with Crippen LogP contribution in [0.3, 0.4) is 0 Å². The summed E-state index contributed by atoms with van der Waals surface area (Å²) in [4.78, 5) is 14.1. The van der Waals surface area contributed by atoms with Gasteiger partial charge in [0.05, 0.1) is 11.7 Å². The van der Waals surface area contributed by atoms with Gasteiger partial charge < -0.3 is 10.2 Å². The number of carbonyl (C=O) groups excluding carboxylic acids is 1. The molecule has 1 amide bonds. The first-order chi connectivity index (χ1) is 10.8. The van der Waals surface area contributed by atoms with E-state index < -0.39 is 0 Å². The van der Waals surface area contributed by atoms with Gasteiger partial charge in [-0.3, -0.25) is 4.79 Å². The molecule has 2 aromatic rings. The number of hydrogen-bond acceptors (Lipinski definition) is 5. The Balaban J connectivity index is 1.77. The SMILES string of the molecule is Cc1ccc(-n2nnnc2NC2CC(=O)N(C(C)(C)C)C2)cc1. The molecule has 0 radical (unpaired) electrons. The van der Waals surface area contributed by atoms with Crippen LogP contribution in [0.25, 0.3) is 5.69 Å². The van der Waals surface area contributed by atoms with Gasteiger partial charge in [-0.05, 0) is 50.3 Å². The fraction of sp³-hybridized carbons (Fsp3) is 0.500. The summed E-state index contributed by atoms with van der Waals surface area (Å²) in [7, 11) is 0. The van der Waals surface area contributed by atoms with Gasteiger partial charge in [-0.25, -0.2) is 0 Å². The summed E-state index contributed by atoms with van der Waals surface area (Å²) in [6.45, 7) is 8.83. The maximum Gasteiger partial charge on any atom is 0.248 e. The highest BCUT2D eigenvalue weighted by molar-refractivity contribution is 5.80. The number of aryl methyl sites for hydroxylation is 1. The normalized spacial score (nSPS) is 18.5. The summed E-state index contributed by atoms with van der Waals surface area (Å²) in [6.07, 6.45) is 0.456. The van der Waals surface area contributed by atoms with Crippen molar-refractivity contribution in [3.63, 3.8) is 0 Å². The van der Waals surface area contributed by atoms with Gasteiger partial charge in [0.15, 0.2) is 0 Å². The summed E-state index contributed by atoms with van der Waals surface area (Å²) in [6, 6.07) is 7.98. The zero-order chi connectivity index (χ0) is 16.6. The predicted octanol–water partition coefficient (Wildman–Crippen LogP) is 1.78. The zero-order valence-electron chi connectivity index (χ0n) is 13.9. The minimum Gasteiger partial charge on any atom is -0.348 e. The van der Waals surface area contributed by atoms with Gasteiger partial charge in [0.1, 0.15) is 0 Å². The molecule has 7 nitrogen and oxygen atoms in total.